The third-order valence-electron chi connectivity index (χ3n) is 12.3. The predicted molar refractivity (Wildman–Crippen MR) is 261 cm³/mol. The molecular weight excluding hydrogens is 789 g/mol. The lowest BCUT2D eigenvalue weighted by atomic mass is 10.0. The Kier molecular flexibility index (Phi) is 7.98. The monoisotopic (exact) mass is 822 g/mol. The second kappa shape index (κ2) is 14.2. The van der Waals surface area contributed by atoms with Crippen molar-refractivity contribution in [2.24, 2.45) is 0 Å². The lowest BCUT2D eigenvalue weighted by Crippen LogP contribution is -2.01. The first kappa shape index (κ1) is 35.5. The summed E-state index contributed by atoms with van der Waals surface area (Å²) in [6, 6.07) is 68.9. The average Bonchev–Trinajstić information content (AvgIpc) is 4.01. The summed E-state index contributed by atoms with van der Waals surface area (Å²) in [5, 5.41) is 5.80. The zero-order valence-corrected chi connectivity index (χ0v) is 34.5. The van der Waals surface area contributed by atoms with Gasteiger partial charge in [-0.15, -0.1) is 11.3 Å². The number of fused-ring (bicyclic) bond motifs is 9. The summed E-state index contributed by atoms with van der Waals surface area (Å²) in [5.74, 6) is 1.51. The molecule has 7 aromatic carbocycles. The highest BCUT2D eigenvalue weighted by Crippen LogP contribution is 2.40. The highest BCUT2D eigenvalue weighted by molar-refractivity contribution is 7.25. The van der Waals surface area contributed by atoms with Crippen LogP contribution in [0.25, 0.3) is 120 Å². The topological polar surface area (TPSA) is 61.4 Å². The second-order valence-corrected chi connectivity index (χ2v) is 17.0. The van der Waals surface area contributed by atoms with Gasteiger partial charge in [-0.1, -0.05) is 121 Å². The van der Waals surface area contributed by atoms with Crippen molar-refractivity contribution in [1.29, 1.82) is 0 Å². The van der Waals surface area contributed by atoms with Crippen LogP contribution in [0.1, 0.15) is 0 Å². The molecule has 0 unspecified atom stereocenters. The van der Waals surface area contributed by atoms with Crippen LogP contribution in [0.3, 0.4) is 0 Å². The second-order valence-electron chi connectivity index (χ2n) is 15.9. The summed E-state index contributed by atoms with van der Waals surface area (Å²) >= 11 is 1.77. The van der Waals surface area contributed by atoms with Gasteiger partial charge in [0.25, 0.3) is 0 Å². The molecule has 0 atom stereocenters. The van der Waals surface area contributed by atoms with Gasteiger partial charge >= 0.3 is 0 Å². The average molecular weight is 823 g/mol. The van der Waals surface area contributed by atoms with E-state index in [1.807, 2.05) is 30.6 Å². The van der Waals surface area contributed by atoms with Gasteiger partial charge in [0.1, 0.15) is 5.82 Å². The van der Waals surface area contributed by atoms with Crippen molar-refractivity contribution in [3.05, 3.63) is 207 Å². The predicted octanol–water partition coefficient (Wildman–Crippen LogP) is 14.5. The van der Waals surface area contributed by atoms with Gasteiger partial charge in [0, 0.05) is 55.2 Å². The van der Waals surface area contributed by atoms with Crippen LogP contribution in [0, 0.1) is 0 Å². The summed E-state index contributed by atoms with van der Waals surface area (Å²) in [4.78, 5) is 20.1. The smallest absolute Gasteiger partial charge is 0.235 e. The molecular formula is C56H34N6S. The summed E-state index contributed by atoms with van der Waals surface area (Å²) < 4.78 is 6.92. The first-order valence-electron chi connectivity index (χ1n) is 21.0. The van der Waals surface area contributed by atoms with E-state index in [0.29, 0.717) is 5.95 Å². The SMILES string of the molecule is c1ccc(-c2cc(-c3ccccc3)nc(-n3c4ccccc4c4ccc(-c5ccc6c(c5)c5ccccc5n6-c5nccc(-c6ccc7sc8cccnc8c7c6)n5)cc43)c2)cc1. The molecule has 0 N–H and O–H groups in total. The zero-order valence-electron chi connectivity index (χ0n) is 33.7. The number of nitrogens with zero attached hydrogens (tertiary/aromatic N) is 6. The number of hydrogen-bond acceptors (Lipinski definition) is 5. The molecule has 0 radical (unpaired) electrons. The molecule has 0 saturated heterocycles. The van der Waals surface area contributed by atoms with Crippen LogP contribution in [0.15, 0.2) is 207 Å². The lowest BCUT2D eigenvalue weighted by Gasteiger charge is -2.13. The van der Waals surface area contributed by atoms with Crippen molar-refractivity contribution in [2.45, 2.75) is 0 Å². The number of pyridine rings is 2. The summed E-state index contributed by atoms with van der Waals surface area (Å²) in [6.07, 6.45) is 3.73. The van der Waals surface area contributed by atoms with Crippen molar-refractivity contribution in [3.8, 4) is 56.5 Å². The van der Waals surface area contributed by atoms with E-state index in [-0.39, 0.29) is 0 Å². The van der Waals surface area contributed by atoms with Crippen LogP contribution >= 0.6 is 11.3 Å². The molecule has 13 rings (SSSR count). The minimum atomic E-state index is 0.630. The standard InChI is InChI=1S/C56H34N6S/c1-3-12-35(13-4-1)40-32-47(36-14-5-2-6-15-36)59-54(34-40)61-48-18-9-7-16-41(48)43-24-21-38(33-51(43)61)37-22-25-50-44(30-37)42-17-8-10-19-49(42)62(50)56-58-29-27-46(60-56)39-23-26-52-45(31-39)55-53(63-52)20-11-28-57-55/h1-34H. The summed E-state index contributed by atoms with van der Waals surface area (Å²) in [7, 11) is 0. The molecule has 0 aliphatic carbocycles. The van der Waals surface area contributed by atoms with E-state index >= 15 is 0 Å². The Morgan fingerprint density at radius 3 is 1.84 bits per heavy atom. The largest absolute Gasteiger partial charge is 0.294 e. The Balaban J connectivity index is 0.961. The van der Waals surface area contributed by atoms with Crippen LogP contribution in [-0.2, 0) is 0 Å². The fourth-order valence-electron chi connectivity index (χ4n) is 9.32. The summed E-state index contributed by atoms with van der Waals surface area (Å²) in [5.41, 5.74) is 13.8. The van der Waals surface area contributed by atoms with E-state index < -0.39 is 0 Å². The first-order valence-corrected chi connectivity index (χ1v) is 21.8. The minimum Gasteiger partial charge on any atom is -0.294 e. The van der Waals surface area contributed by atoms with E-state index in [2.05, 4.69) is 185 Å². The van der Waals surface area contributed by atoms with E-state index in [1.165, 1.54) is 20.2 Å². The van der Waals surface area contributed by atoms with Crippen LogP contribution in [-0.4, -0.2) is 29.1 Å². The molecule has 13 aromatic rings. The Bertz CT molecular complexity index is 3860. The number of rotatable bonds is 6. The molecule has 0 saturated carbocycles. The molecule has 0 fully saturated rings. The molecule has 0 spiro atoms. The molecule has 0 aliphatic rings. The number of thiophene rings is 1. The van der Waals surface area contributed by atoms with Gasteiger partial charge in [-0.05, 0) is 95.1 Å². The fraction of sp³-hybridized carbons (Fsp3) is 0. The van der Waals surface area contributed by atoms with Crippen molar-refractivity contribution < 1.29 is 0 Å². The highest BCUT2D eigenvalue weighted by atomic mass is 32.1. The van der Waals surface area contributed by atoms with Gasteiger partial charge < -0.3 is 0 Å². The Morgan fingerprint density at radius 2 is 1.00 bits per heavy atom. The Morgan fingerprint density at radius 1 is 0.333 bits per heavy atom. The quantitative estimate of drug-likeness (QED) is 0.168. The van der Waals surface area contributed by atoms with E-state index in [0.717, 1.165) is 94.3 Å². The fourth-order valence-corrected chi connectivity index (χ4v) is 10.4. The molecule has 6 aromatic heterocycles. The Labute approximate surface area is 365 Å². The van der Waals surface area contributed by atoms with E-state index in [4.69, 9.17) is 19.9 Å². The lowest BCUT2D eigenvalue weighted by molar-refractivity contribution is 0.992. The van der Waals surface area contributed by atoms with Crippen LogP contribution < -0.4 is 0 Å². The minimum absolute atomic E-state index is 0.630. The van der Waals surface area contributed by atoms with Crippen LogP contribution in [0.5, 0.6) is 0 Å². The maximum Gasteiger partial charge on any atom is 0.235 e. The molecule has 0 bridgehead atoms. The number of aromatic nitrogens is 6. The maximum absolute atomic E-state index is 5.38. The van der Waals surface area contributed by atoms with Gasteiger partial charge in [0.15, 0.2) is 0 Å². The molecule has 6 nitrogen and oxygen atoms in total. The molecule has 0 amide bonds. The van der Waals surface area contributed by atoms with Crippen molar-refractivity contribution in [3.63, 3.8) is 0 Å². The maximum atomic E-state index is 5.38. The normalized spacial score (nSPS) is 11.8. The number of hydrogen-bond donors (Lipinski definition) is 0. The van der Waals surface area contributed by atoms with Gasteiger partial charge in [-0.25, -0.2) is 15.0 Å². The molecule has 294 valence electrons. The van der Waals surface area contributed by atoms with Gasteiger partial charge in [-0.2, -0.15) is 0 Å². The summed E-state index contributed by atoms with van der Waals surface area (Å²) in [6.45, 7) is 0. The third-order valence-corrected chi connectivity index (χ3v) is 13.4. The van der Waals surface area contributed by atoms with E-state index in [1.54, 1.807) is 11.3 Å². The highest BCUT2D eigenvalue weighted by Gasteiger charge is 2.19. The van der Waals surface area contributed by atoms with Crippen LogP contribution in [0.4, 0.5) is 0 Å². The van der Waals surface area contributed by atoms with Gasteiger partial charge in [-0.3, -0.25) is 14.1 Å². The van der Waals surface area contributed by atoms with Crippen molar-refractivity contribution in [2.75, 3.05) is 0 Å². The van der Waals surface area contributed by atoms with Crippen molar-refractivity contribution in [1.82, 2.24) is 29.1 Å². The van der Waals surface area contributed by atoms with Crippen LogP contribution in [0.2, 0.25) is 0 Å². The zero-order chi connectivity index (χ0) is 41.4. The third kappa shape index (κ3) is 5.78. The molecule has 63 heavy (non-hydrogen) atoms. The van der Waals surface area contributed by atoms with E-state index in [9.17, 15) is 0 Å². The van der Waals surface area contributed by atoms with Gasteiger partial charge in [0.2, 0.25) is 5.95 Å². The van der Waals surface area contributed by atoms with Gasteiger partial charge in [0.05, 0.1) is 43.7 Å². The molecule has 6 heterocycles. The molecule has 7 heteroatoms. The van der Waals surface area contributed by atoms with Crippen molar-refractivity contribution >= 4 is 75.3 Å². The number of benzene rings is 7. The number of para-hydroxylation sites is 2. The first-order chi connectivity index (χ1) is 31.2. The molecule has 0 aliphatic heterocycles. The Hall–Kier alpha value is -8.26.